The standard InChI is InChI=1S/C23H22FN3O3/c1-30-15-10-18-20(26-12-15)21-19(22(18)28)16-6-5-14(24)9-17(16)23(29)27(21)8-2-7-25-11-13-3-4-13/h5-6,9-10,12-13,25H,2-4,7-8,11H2,1H3. The molecule has 0 radical (unpaired) electrons. The highest BCUT2D eigenvalue weighted by Crippen LogP contribution is 2.39. The maximum Gasteiger partial charge on any atom is 0.259 e. The van der Waals surface area contributed by atoms with Crippen LogP contribution in [0.15, 0.2) is 35.3 Å². The number of carbonyl (C=O) groups is 1. The van der Waals surface area contributed by atoms with Gasteiger partial charge in [-0.05, 0) is 56.5 Å². The number of nitrogens with zero attached hydrogens (tertiary/aromatic N) is 2. The third-order valence-electron chi connectivity index (χ3n) is 5.89. The quantitative estimate of drug-likeness (QED) is 0.477. The molecule has 30 heavy (non-hydrogen) atoms. The van der Waals surface area contributed by atoms with Gasteiger partial charge in [0.2, 0.25) is 0 Å². The van der Waals surface area contributed by atoms with Gasteiger partial charge in [-0.25, -0.2) is 4.39 Å². The van der Waals surface area contributed by atoms with Gasteiger partial charge in [0.15, 0.2) is 5.78 Å². The third kappa shape index (κ3) is 3.10. The molecule has 0 spiro atoms. The molecule has 5 rings (SSSR count). The Morgan fingerprint density at radius 3 is 2.83 bits per heavy atom. The predicted molar refractivity (Wildman–Crippen MR) is 112 cm³/mol. The lowest BCUT2D eigenvalue weighted by molar-refractivity contribution is 0.104. The molecule has 7 heteroatoms. The summed E-state index contributed by atoms with van der Waals surface area (Å²) < 4.78 is 20.7. The van der Waals surface area contributed by atoms with E-state index in [0.29, 0.717) is 40.2 Å². The van der Waals surface area contributed by atoms with Gasteiger partial charge in [0, 0.05) is 11.9 Å². The number of hydrogen-bond donors (Lipinski definition) is 1. The Morgan fingerprint density at radius 1 is 1.23 bits per heavy atom. The van der Waals surface area contributed by atoms with Crippen molar-refractivity contribution in [2.75, 3.05) is 20.2 Å². The van der Waals surface area contributed by atoms with Crippen LogP contribution in [0.1, 0.15) is 35.2 Å². The normalized spacial score (nSPS) is 14.8. The number of rotatable bonds is 7. The van der Waals surface area contributed by atoms with Gasteiger partial charge in [0.25, 0.3) is 5.56 Å². The molecule has 0 unspecified atom stereocenters. The Kier molecular flexibility index (Phi) is 4.62. The molecule has 0 amide bonds. The molecule has 1 saturated carbocycles. The second-order valence-corrected chi connectivity index (χ2v) is 7.97. The van der Waals surface area contributed by atoms with Crippen LogP contribution < -0.4 is 15.6 Å². The molecule has 6 nitrogen and oxygen atoms in total. The molecular formula is C23H22FN3O3. The molecule has 2 aliphatic carbocycles. The minimum atomic E-state index is -0.500. The number of methoxy groups -OCH3 is 1. The summed E-state index contributed by atoms with van der Waals surface area (Å²) >= 11 is 0. The van der Waals surface area contributed by atoms with E-state index >= 15 is 0 Å². The van der Waals surface area contributed by atoms with E-state index in [1.54, 1.807) is 16.8 Å². The van der Waals surface area contributed by atoms with E-state index < -0.39 is 5.82 Å². The summed E-state index contributed by atoms with van der Waals surface area (Å²) in [5.74, 6) is 0.538. The van der Waals surface area contributed by atoms with Gasteiger partial charge in [-0.2, -0.15) is 0 Å². The maximum absolute atomic E-state index is 13.9. The fraction of sp³-hybridized carbons (Fsp3) is 0.348. The Hall–Kier alpha value is -3.06. The first-order valence-electron chi connectivity index (χ1n) is 10.2. The van der Waals surface area contributed by atoms with Gasteiger partial charge in [-0.3, -0.25) is 14.6 Å². The largest absolute Gasteiger partial charge is 0.495 e. The summed E-state index contributed by atoms with van der Waals surface area (Å²) in [5, 5.41) is 4.09. The average molecular weight is 407 g/mol. The van der Waals surface area contributed by atoms with Crippen molar-refractivity contribution in [1.82, 2.24) is 14.9 Å². The van der Waals surface area contributed by atoms with Crippen molar-refractivity contribution in [2.24, 2.45) is 5.92 Å². The van der Waals surface area contributed by atoms with E-state index in [4.69, 9.17) is 4.74 Å². The maximum atomic E-state index is 13.9. The number of nitrogens with one attached hydrogen (secondary N) is 1. The molecular weight excluding hydrogens is 385 g/mol. The van der Waals surface area contributed by atoms with E-state index in [0.717, 1.165) is 25.4 Å². The fourth-order valence-corrected chi connectivity index (χ4v) is 4.15. The van der Waals surface area contributed by atoms with Gasteiger partial charge < -0.3 is 14.6 Å². The van der Waals surface area contributed by atoms with Crippen LogP contribution >= 0.6 is 0 Å². The number of carbonyl (C=O) groups excluding carboxylic acids is 1. The van der Waals surface area contributed by atoms with Gasteiger partial charge in [-0.1, -0.05) is 6.07 Å². The number of ketones is 1. The molecule has 0 saturated heterocycles. The number of pyridine rings is 2. The monoisotopic (exact) mass is 407 g/mol. The van der Waals surface area contributed by atoms with Gasteiger partial charge in [-0.15, -0.1) is 0 Å². The van der Waals surface area contributed by atoms with Crippen LogP contribution in [0.2, 0.25) is 0 Å². The first-order chi connectivity index (χ1) is 14.6. The Balaban J connectivity index is 1.62. The van der Waals surface area contributed by atoms with Crippen molar-refractivity contribution in [3.63, 3.8) is 0 Å². The molecule has 0 aliphatic heterocycles. The van der Waals surface area contributed by atoms with Crippen LogP contribution in [0.4, 0.5) is 4.39 Å². The highest BCUT2D eigenvalue weighted by atomic mass is 19.1. The van der Waals surface area contributed by atoms with E-state index in [2.05, 4.69) is 10.3 Å². The molecule has 3 aromatic rings. The lowest BCUT2D eigenvalue weighted by Gasteiger charge is -2.15. The Labute approximate surface area is 172 Å². The lowest BCUT2D eigenvalue weighted by atomic mass is 10.0. The fourth-order valence-electron chi connectivity index (χ4n) is 4.15. The van der Waals surface area contributed by atoms with Crippen molar-refractivity contribution >= 4 is 16.6 Å². The first-order valence-corrected chi connectivity index (χ1v) is 10.2. The molecule has 0 bridgehead atoms. The van der Waals surface area contributed by atoms with Crippen LogP contribution in [0, 0.1) is 11.7 Å². The van der Waals surface area contributed by atoms with Crippen LogP contribution in [0.5, 0.6) is 5.75 Å². The van der Waals surface area contributed by atoms with E-state index in [1.807, 2.05) is 0 Å². The zero-order valence-corrected chi connectivity index (χ0v) is 16.7. The SMILES string of the molecule is COc1cnc2c(c1)C(=O)c1c-2n(CCCNCC2CC2)c(=O)c2cc(F)ccc12. The summed E-state index contributed by atoms with van der Waals surface area (Å²) in [6.07, 6.45) is 4.83. The van der Waals surface area contributed by atoms with E-state index in [1.165, 1.54) is 38.2 Å². The third-order valence-corrected chi connectivity index (χ3v) is 5.89. The van der Waals surface area contributed by atoms with Crippen LogP contribution in [-0.2, 0) is 6.54 Å². The molecule has 1 N–H and O–H groups in total. The zero-order valence-electron chi connectivity index (χ0n) is 16.7. The molecule has 1 aromatic carbocycles. The number of ether oxygens (including phenoxy) is 1. The molecule has 2 aliphatic rings. The van der Waals surface area contributed by atoms with Crippen molar-refractivity contribution in [3.8, 4) is 17.1 Å². The van der Waals surface area contributed by atoms with Crippen LogP contribution in [0.25, 0.3) is 22.2 Å². The molecule has 1 fully saturated rings. The average Bonchev–Trinajstić information content (AvgIpc) is 3.54. The molecule has 2 aromatic heterocycles. The van der Waals surface area contributed by atoms with E-state index in [-0.39, 0.29) is 16.7 Å². The summed E-state index contributed by atoms with van der Waals surface area (Å²) in [6, 6.07) is 5.64. The second-order valence-electron chi connectivity index (χ2n) is 7.97. The summed E-state index contributed by atoms with van der Waals surface area (Å²) in [6.45, 7) is 2.19. The van der Waals surface area contributed by atoms with Crippen molar-refractivity contribution in [1.29, 1.82) is 0 Å². The Morgan fingerprint density at radius 2 is 2.07 bits per heavy atom. The topological polar surface area (TPSA) is 73.2 Å². The highest BCUT2D eigenvalue weighted by Gasteiger charge is 2.34. The molecule has 2 heterocycles. The number of halogens is 1. The lowest BCUT2D eigenvalue weighted by Crippen LogP contribution is -2.26. The van der Waals surface area contributed by atoms with Crippen LogP contribution in [-0.4, -0.2) is 35.5 Å². The summed E-state index contributed by atoms with van der Waals surface area (Å²) in [5.41, 5.74) is 1.50. The van der Waals surface area contributed by atoms with Gasteiger partial charge in [0.1, 0.15) is 11.6 Å². The molecule has 154 valence electrons. The predicted octanol–water partition coefficient (Wildman–Crippen LogP) is 3.15. The van der Waals surface area contributed by atoms with E-state index in [9.17, 15) is 14.0 Å². The molecule has 0 atom stereocenters. The van der Waals surface area contributed by atoms with Crippen molar-refractivity contribution in [2.45, 2.75) is 25.8 Å². The Bertz CT molecular complexity index is 1230. The number of hydrogen-bond acceptors (Lipinski definition) is 5. The highest BCUT2D eigenvalue weighted by molar-refractivity contribution is 6.26. The number of benzene rings is 1. The smallest absolute Gasteiger partial charge is 0.259 e. The minimum Gasteiger partial charge on any atom is -0.495 e. The minimum absolute atomic E-state index is 0.216. The van der Waals surface area contributed by atoms with Gasteiger partial charge >= 0.3 is 0 Å². The second kappa shape index (κ2) is 7.32. The first kappa shape index (κ1) is 18.9. The van der Waals surface area contributed by atoms with Crippen molar-refractivity contribution in [3.05, 3.63) is 57.8 Å². The zero-order chi connectivity index (χ0) is 20.8. The van der Waals surface area contributed by atoms with Gasteiger partial charge in [0.05, 0.1) is 41.2 Å². The number of aromatic nitrogens is 2. The number of fused-ring (bicyclic) bond motifs is 5. The summed E-state index contributed by atoms with van der Waals surface area (Å²) in [4.78, 5) is 31.0. The van der Waals surface area contributed by atoms with Crippen LogP contribution in [0.3, 0.4) is 0 Å². The summed E-state index contributed by atoms with van der Waals surface area (Å²) in [7, 11) is 1.51. The van der Waals surface area contributed by atoms with Crippen molar-refractivity contribution < 1.29 is 13.9 Å².